The van der Waals surface area contributed by atoms with Gasteiger partial charge in [-0.2, -0.15) is 0 Å². The Balaban J connectivity index is 1.82. The summed E-state index contributed by atoms with van der Waals surface area (Å²) in [7, 11) is -2.02. The SMILES string of the molecule is CCCCS(=O)(=O)c1nnc(N2C(=O)N(C)CC2OC(=O)c2cccnc2)s1. The van der Waals surface area contributed by atoms with E-state index in [0.29, 0.717) is 6.42 Å². The van der Waals surface area contributed by atoms with Crippen molar-refractivity contribution in [1.82, 2.24) is 20.1 Å². The lowest BCUT2D eigenvalue weighted by atomic mass is 10.3. The van der Waals surface area contributed by atoms with Gasteiger partial charge in [0, 0.05) is 19.4 Å². The number of nitrogens with zero attached hydrogens (tertiary/aromatic N) is 5. The first-order valence-electron chi connectivity index (χ1n) is 8.55. The Labute approximate surface area is 166 Å². The number of ether oxygens (including phenoxy) is 1. The summed E-state index contributed by atoms with van der Waals surface area (Å²) >= 11 is 0.785. The molecule has 2 amide bonds. The predicted molar refractivity (Wildman–Crippen MR) is 101 cm³/mol. The molecule has 1 atom stereocenters. The summed E-state index contributed by atoms with van der Waals surface area (Å²) in [6.45, 7) is 2.00. The number of sulfone groups is 1. The zero-order valence-electron chi connectivity index (χ0n) is 15.3. The predicted octanol–water partition coefficient (Wildman–Crippen LogP) is 1.56. The molecule has 10 nitrogen and oxygen atoms in total. The zero-order chi connectivity index (χ0) is 20.3. The summed E-state index contributed by atoms with van der Waals surface area (Å²) in [5.41, 5.74) is 0.240. The van der Waals surface area contributed by atoms with Crippen LogP contribution < -0.4 is 4.90 Å². The van der Waals surface area contributed by atoms with Crippen LogP contribution >= 0.6 is 11.3 Å². The number of hydrogen-bond donors (Lipinski definition) is 0. The van der Waals surface area contributed by atoms with Crippen LogP contribution in [0, 0.1) is 0 Å². The third kappa shape index (κ3) is 4.12. The van der Waals surface area contributed by atoms with Crippen molar-refractivity contribution in [3.63, 3.8) is 0 Å². The molecule has 0 aromatic carbocycles. The highest BCUT2D eigenvalue weighted by Gasteiger charge is 2.41. The van der Waals surface area contributed by atoms with Gasteiger partial charge in [0.25, 0.3) is 0 Å². The minimum atomic E-state index is -3.57. The molecule has 2 aromatic heterocycles. The highest BCUT2D eigenvalue weighted by atomic mass is 32.2. The van der Waals surface area contributed by atoms with Crippen molar-refractivity contribution in [1.29, 1.82) is 0 Å². The molecule has 1 fully saturated rings. The van der Waals surface area contributed by atoms with E-state index in [1.165, 1.54) is 17.3 Å². The van der Waals surface area contributed by atoms with Gasteiger partial charge in [-0.3, -0.25) is 4.98 Å². The fraction of sp³-hybridized carbons (Fsp3) is 0.438. The van der Waals surface area contributed by atoms with Crippen molar-refractivity contribution in [2.45, 2.75) is 30.3 Å². The molecule has 1 aliphatic heterocycles. The van der Waals surface area contributed by atoms with E-state index in [9.17, 15) is 18.0 Å². The van der Waals surface area contributed by atoms with E-state index in [1.807, 2.05) is 6.92 Å². The van der Waals surface area contributed by atoms with Gasteiger partial charge in [0.2, 0.25) is 25.5 Å². The zero-order valence-corrected chi connectivity index (χ0v) is 16.9. The Morgan fingerprint density at radius 2 is 2.18 bits per heavy atom. The smallest absolute Gasteiger partial charge is 0.341 e. The van der Waals surface area contributed by atoms with E-state index in [0.717, 1.165) is 22.7 Å². The van der Waals surface area contributed by atoms with Crippen molar-refractivity contribution in [3.8, 4) is 0 Å². The average Bonchev–Trinajstić information content (AvgIpc) is 3.26. The second-order valence-electron chi connectivity index (χ2n) is 6.16. The summed E-state index contributed by atoms with van der Waals surface area (Å²) in [5, 5.41) is 7.65. The molecular weight excluding hydrogens is 406 g/mol. The number of urea groups is 1. The van der Waals surface area contributed by atoms with Gasteiger partial charge in [0.1, 0.15) is 0 Å². The molecule has 12 heteroatoms. The lowest BCUT2D eigenvalue weighted by Gasteiger charge is -2.19. The monoisotopic (exact) mass is 425 g/mol. The number of anilines is 1. The van der Waals surface area contributed by atoms with E-state index in [1.54, 1.807) is 19.2 Å². The van der Waals surface area contributed by atoms with E-state index in [-0.39, 0.29) is 27.3 Å². The quantitative estimate of drug-likeness (QED) is 0.484. The molecular formula is C16H19N5O5S2. The number of esters is 1. The average molecular weight is 425 g/mol. The van der Waals surface area contributed by atoms with Crippen LogP contribution in [0.15, 0.2) is 28.9 Å². The number of unbranched alkanes of at least 4 members (excludes halogenated alkanes) is 1. The van der Waals surface area contributed by atoms with Gasteiger partial charge in [-0.05, 0) is 18.6 Å². The van der Waals surface area contributed by atoms with Gasteiger partial charge in [-0.1, -0.05) is 24.7 Å². The first-order valence-corrected chi connectivity index (χ1v) is 11.0. The molecule has 1 aliphatic rings. The van der Waals surface area contributed by atoms with E-state index in [4.69, 9.17) is 4.74 Å². The molecule has 0 spiro atoms. The number of likely N-dealkylation sites (N-methyl/N-ethyl adjacent to an activating group) is 1. The minimum Gasteiger partial charge on any atom is -0.435 e. The second-order valence-corrected chi connectivity index (χ2v) is 9.40. The fourth-order valence-corrected chi connectivity index (χ4v) is 5.12. The van der Waals surface area contributed by atoms with Crippen LogP contribution in [0.4, 0.5) is 9.93 Å². The van der Waals surface area contributed by atoms with Crippen LogP contribution in [0.25, 0.3) is 0 Å². The van der Waals surface area contributed by atoms with E-state index < -0.39 is 28.1 Å². The lowest BCUT2D eigenvalue weighted by molar-refractivity contribution is 0.0331. The van der Waals surface area contributed by atoms with Crippen molar-refractivity contribution in [3.05, 3.63) is 30.1 Å². The molecule has 3 heterocycles. The second kappa shape index (κ2) is 8.19. The summed E-state index contributed by atoms with van der Waals surface area (Å²) in [4.78, 5) is 31.2. The fourth-order valence-electron chi connectivity index (χ4n) is 2.52. The normalized spacial score (nSPS) is 17.2. The van der Waals surface area contributed by atoms with Gasteiger partial charge in [-0.15, -0.1) is 10.2 Å². The molecule has 0 N–H and O–H groups in total. The van der Waals surface area contributed by atoms with Crippen LogP contribution in [0.2, 0.25) is 0 Å². The highest BCUT2D eigenvalue weighted by Crippen LogP contribution is 2.30. The molecule has 0 saturated carbocycles. The number of carbonyl (C=O) groups is 2. The van der Waals surface area contributed by atoms with Gasteiger partial charge < -0.3 is 9.64 Å². The van der Waals surface area contributed by atoms with Crippen LogP contribution in [-0.2, 0) is 14.6 Å². The highest BCUT2D eigenvalue weighted by molar-refractivity contribution is 7.93. The maximum atomic E-state index is 12.5. The number of amides is 2. The Hall–Kier alpha value is -2.60. The van der Waals surface area contributed by atoms with Crippen molar-refractivity contribution in [2.75, 3.05) is 24.2 Å². The topological polar surface area (TPSA) is 123 Å². The van der Waals surface area contributed by atoms with E-state index in [2.05, 4.69) is 15.2 Å². The van der Waals surface area contributed by atoms with Crippen LogP contribution in [0.5, 0.6) is 0 Å². The van der Waals surface area contributed by atoms with Crippen LogP contribution in [-0.4, -0.2) is 66.1 Å². The number of carbonyl (C=O) groups excluding carboxylic acids is 2. The number of hydrogen-bond acceptors (Lipinski definition) is 9. The van der Waals surface area contributed by atoms with Crippen LogP contribution in [0.3, 0.4) is 0 Å². The Kier molecular flexibility index (Phi) is 5.89. The molecule has 0 bridgehead atoms. The lowest BCUT2D eigenvalue weighted by Crippen LogP contribution is -2.37. The number of pyridine rings is 1. The minimum absolute atomic E-state index is 0.0363. The third-order valence-corrected chi connectivity index (χ3v) is 7.19. The van der Waals surface area contributed by atoms with E-state index >= 15 is 0 Å². The molecule has 1 saturated heterocycles. The molecule has 28 heavy (non-hydrogen) atoms. The molecule has 1 unspecified atom stereocenters. The van der Waals surface area contributed by atoms with Gasteiger partial charge in [0.05, 0.1) is 17.9 Å². The maximum absolute atomic E-state index is 12.5. The molecule has 0 aliphatic carbocycles. The molecule has 2 aromatic rings. The summed E-state index contributed by atoms with van der Waals surface area (Å²) in [5.74, 6) is -0.683. The summed E-state index contributed by atoms with van der Waals surface area (Å²) < 4.78 is 29.9. The Bertz CT molecular complexity index is 963. The molecule has 0 radical (unpaired) electrons. The van der Waals surface area contributed by atoms with Gasteiger partial charge in [-0.25, -0.2) is 22.9 Å². The van der Waals surface area contributed by atoms with Crippen molar-refractivity contribution in [2.24, 2.45) is 0 Å². The van der Waals surface area contributed by atoms with Crippen LogP contribution in [0.1, 0.15) is 30.1 Å². The standard InChI is InChI=1S/C16H19N5O5S2/c1-3-4-8-28(24,25)15-19-18-14(27-15)21-12(10-20(2)16(21)23)26-13(22)11-6-5-7-17-9-11/h5-7,9,12H,3-4,8,10H2,1-2H3. The molecule has 3 rings (SSSR count). The van der Waals surface area contributed by atoms with Gasteiger partial charge in [0.15, 0.2) is 0 Å². The first kappa shape index (κ1) is 20.1. The first-order chi connectivity index (χ1) is 13.3. The summed E-state index contributed by atoms with van der Waals surface area (Å²) in [6.07, 6.45) is 3.17. The third-order valence-electron chi connectivity index (χ3n) is 4.03. The number of rotatable bonds is 7. The van der Waals surface area contributed by atoms with Gasteiger partial charge >= 0.3 is 12.0 Å². The molecule has 150 valence electrons. The Morgan fingerprint density at radius 3 is 2.86 bits per heavy atom. The number of aromatic nitrogens is 3. The van der Waals surface area contributed by atoms with Crippen molar-refractivity contribution >= 4 is 38.3 Å². The maximum Gasteiger partial charge on any atom is 0.341 e. The van der Waals surface area contributed by atoms with Crippen molar-refractivity contribution < 1.29 is 22.7 Å². The largest absolute Gasteiger partial charge is 0.435 e. The Morgan fingerprint density at radius 1 is 1.39 bits per heavy atom. The summed E-state index contributed by atoms with van der Waals surface area (Å²) in [6, 6.07) is 2.68.